The Morgan fingerprint density at radius 3 is 2.47 bits per heavy atom. The van der Waals surface area contributed by atoms with Gasteiger partial charge in [0.15, 0.2) is 0 Å². The van der Waals surface area contributed by atoms with Crippen molar-refractivity contribution >= 4 is 17.5 Å². The molecule has 19 heavy (non-hydrogen) atoms. The van der Waals surface area contributed by atoms with Gasteiger partial charge in [0.2, 0.25) is 0 Å². The number of aryl methyl sites for hydroxylation is 2. The Hall–Kier alpha value is -2.08. The Labute approximate surface area is 112 Å². The minimum absolute atomic E-state index is 0.0805. The van der Waals surface area contributed by atoms with Crippen LogP contribution in [0.2, 0.25) is 0 Å². The van der Waals surface area contributed by atoms with Crippen LogP contribution in [-0.2, 0) is 14.3 Å². The molecule has 0 atom stereocenters. The molecule has 0 saturated carbocycles. The number of rotatable bonds is 5. The van der Waals surface area contributed by atoms with Gasteiger partial charge in [0, 0.05) is 12.8 Å². The zero-order chi connectivity index (χ0) is 14.3. The predicted octanol–water partition coefficient (Wildman–Crippen LogP) is 0.509. The number of methoxy groups -OCH3 is 1. The number of carbonyl (C=O) groups excluding carboxylic acids is 2. The lowest BCUT2D eigenvalue weighted by Crippen LogP contribution is -2.45. The van der Waals surface area contributed by atoms with Crippen LogP contribution in [0.15, 0.2) is 18.2 Å². The highest BCUT2D eigenvalue weighted by Crippen LogP contribution is 2.15. The van der Waals surface area contributed by atoms with Crippen LogP contribution in [0.1, 0.15) is 11.1 Å². The van der Waals surface area contributed by atoms with Crippen LogP contribution in [0, 0.1) is 13.8 Å². The highest BCUT2D eigenvalue weighted by atomic mass is 16.5. The van der Waals surface area contributed by atoms with Crippen molar-refractivity contribution in [3.05, 3.63) is 29.3 Å². The van der Waals surface area contributed by atoms with E-state index in [1.807, 2.05) is 32.0 Å². The third-order valence-corrected chi connectivity index (χ3v) is 2.44. The monoisotopic (exact) mass is 265 g/mol. The van der Waals surface area contributed by atoms with Crippen LogP contribution in [0.25, 0.3) is 0 Å². The fourth-order valence-corrected chi connectivity index (χ4v) is 1.54. The molecule has 0 aliphatic rings. The standard InChI is InChI=1S/C13H19N3O3/c1-9-4-5-11(10(2)6-9)14-7-12(17)15-16-13(18)8-19-3/h4-6,14H,7-8H2,1-3H3,(H,15,17)(H,16,18). The lowest BCUT2D eigenvalue weighted by molar-refractivity contribution is -0.130. The van der Waals surface area contributed by atoms with Crippen LogP contribution in [0.3, 0.4) is 0 Å². The molecule has 0 aromatic heterocycles. The van der Waals surface area contributed by atoms with Crippen molar-refractivity contribution < 1.29 is 14.3 Å². The molecule has 0 heterocycles. The molecule has 2 amide bonds. The molecule has 0 radical (unpaired) electrons. The Bertz CT molecular complexity index is 460. The number of nitrogens with one attached hydrogen (secondary N) is 3. The maximum Gasteiger partial charge on any atom is 0.264 e. The molecule has 0 unspecified atom stereocenters. The zero-order valence-electron chi connectivity index (χ0n) is 11.4. The molecule has 3 N–H and O–H groups in total. The molecular formula is C13H19N3O3. The van der Waals surface area contributed by atoms with Gasteiger partial charge in [-0.25, -0.2) is 0 Å². The van der Waals surface area contributed by atoms with E-state index >= 15 is 0 Å². The first kappa shape index (κ1) is 15.0. The molecule has 0 saturated heterocycles. The van der Waals surface area contributed by atoms with E-state index in [-0.39, 0.29) is 19.1 Å². The lowest BCUT2D eigenvalue weighted by Gasteiger charge is -2.11. The molecule has 104 valence electrons. The predicted molar refractivity (Wildman–Crippen MR) is 72.6 cm³/mol. The van der Waals surface area contributed by atoms with Crippen LogP contribution in [-0.4, -0.2) is 32.1 Å². The number of hydrogen-bond donors (Lipinski definition) is 3. The van der Waals surface area contributed by atoms with Gasteiger partial charge in [-0.05, 0) is 25.5 Å². The fourth-order valence-electron chi connectivity index (χ4n) is 1.54. The van der Waals surface area contributed by atoms with Crippen molar-refractivity contribution in [3.63, 3.8) is 0 Å². The maximum absolute atomic E-state index is 11.5. The van der Waals surface area contributed by atoms with Crippen LogP contribution < -0.4 is 16.2 Å². The normalized spacial score (nSPS) is 9.84. The second-order valence-corrected chi connectivity index (χ2v) is 4.20. The summed E-state index contributed by atoms with van der Waals surface area (Å²) in [6, 6.07) is 5.91. The third kappa shape index (κ3) is 5.39. The molecule has 1 aromatic carbocycles. The Morgan fingerprint density at radius 2 is 1.84 bits per heavy atom. The number of ether oxygens (including phenoxy) is 1. The van der Waals surface area contributed by atoms with Gasteiger partial charge in [-0.15, -0.1) is 0 Å². The highest BCUT2D eigenvalue weighted by molar-refractivity contribution is 5.85. The third-order valence-electron chi connectivity index (χ3n) is 2.44. The van der Waals surface area contributed by atoms with E-state index < -0.39 is 5.91 Å². The molecule has 0 aliphatic heterocycles. The summed E-state index contributed by atoms with van der Waals surface area (Å²) in [5.74, 6) is -0.730. The van der Waals surface area contributed by atoms with Crippen LogP contribution in [0.5, 0.6) is 0 Å². The molecule has 0 spiro atoms. The number of carbonyl (C=O) groups is 2. The second kappa shape index (κ2) is 7.38. The van der Waals surface area contributed by atoms with Crippen molar-refractivity contribution in [3.8, 4) is 0 Å². The Balaban J connectivity index is 2.36. The molecule has 1 aromatic rings. The van der Waals surface area contributed by atoms with Crippen molar-refractivity contribution in [2.75, 3.05) is 25.6 Å². The van der Waals surface area contributed by atoms with E-state index in [9.17, 15) is 9.59 Å². The summed E-state index contributed by atoms with van der Waals surface area (Å²) in [5, 5.41) is 3.00. The van der Waals surface area contributed by atoms with Gasteiger partial charge in [0.1, 0.15) is 6.61 Å². The molecule has 1 rings (SSSR count). The van der Waals surface area contributed by atoms with Gasteiger partial charge in [0.05, 0.1) is 6.54 Å². The summed E-state index contributed by atoms with van der Waals surface area (Å²) in [4.78, 5) is 22.5. The average molecular weight is 265 g/mol. The quantitative estimate of drug-likeness (QED) is 0.678. The van der Waals surface area contributed by atoms with E-state index in [0.717, 1.165) is 11.3 Å². The number of hydrogen-bond acceptors (Lipinski definition) is 4. The first-order valence-corrected chi connectivity index (χ1v) is 5.90. The van der Waals surface area contributed by atoms with Crippen molar-refractivity contribution in [1.82, 2.24) is 10.9 Å². The van der Waals surface area contributed by atoms with E-state index in [2.05, 4.69) is 20.9 Å². The SMILES string of the molecule is COCC(=O)NNC(=O)CNc1ccc(C)cc1C. The summed E-state index contributed by atoms with van der Waals surface area (Å²) < 4.78 is 4.61. The van der Waals surface area contributed by atoms with Gasteiger partial charge in [-0.2, -0.15) is 0 Å². The van der Waals surface area contributed by atoms with Crippen molar-refractivity contribution in [2.24, 2.45) is 0 Å². The topological polar surface area (TPSA) is 79.5 Å². The maximum atomic E-state index is 11.5. The number of amides is 2. The van der Waals surface area contributed by atoms with Gasteiger partial charge in [-0.1, -0.05) is 17.7 Å². The first-order valence-electron chi connectivity index (χ1n) is 5.90. The van der Waals surface area contributed by atoms with Gasteiger partial charge in [0.25, 0.3) is 11.8 Å². The minimum Gasteiger partial charge on any atom is -0.376 e. The van der Waals surface area contributed by atoms with Gasteiger partial charge < -0.3 is 10.1 Å². The number of benzene rings is 1. The molecular weight excluding hydrogens is 246 g/mol. The summed E-state index contributed by atoms with van der Waals surface area (Å²) >= 11 is 0. The summed E-state index contributed by atoms with van der Waals surface area (Å²) in [7, 11) is 1.41. The lowest BCUT2D eigenvalue weighted by atomic mass is 10.1. The summed E-state index contributed by atoms with van der Waals surface area (Å²) in [6.07, 6.45) is 0. The number of hydrazine groups is 1. The van der Waals surface area contributed by atoms with Crippen molar-refractivity contribution in [2.45, 2.75) is 13.8 Å². The van der Waals surface area contributed by atoms with E-state index in [1.54, 1.807) is 0 Å². The second-order valence-electron chi connectivity index (χ2n) is 4.20. The van der Waals surface area contributed by atoms with Gasteiger partial charge in [-0.3, -0.25) is 20.4 Å². The smallest absolute Gasteiger partial charge is 0.264 e. The molecule has 0 aliphatic carbocycles. The van der Waals surface area contributed by atoms with Crippen LogP contribution in [0.4, 0.5) is 5.69 Å². The van der Waals surface area contributed by atoms with E-state index in [4.69, 9.17) is 0 Å². The Morgan fingerprint density at radius 1 is 1.16 bits per heavy atom. The molecule has 0 fully saturated rings. The largest absolute Gasteiger partial charge is 0.376 e. The average Bonchev–Trinajstić information content (AvgIpc) is 2.35. The first-order chi connectivity index (χ1) is 9.02. The van der Waals surface area contributed by atoms with Gasteiger partial charge >= 0.3 is 0 Å². The van der Waals surface area contributed by atoms with E-state index in [0.29, 0.717) is 0 Å². The molecule has 6 heteroatoms. The summed E-state index contributed by atoms with van der Waals surface area (Å²) in [6.45, 7) is 3.96. The summed E-state index contributed by atoms with van der Waals surface area (Å²) in [5.41, 5.74) is 7.65. The van der Waals surface area contributed by atoms with Crippen molar-refractivity contribution in [1.29, 1.82) is 0 Å². The fraction of sp³-hybridized carbons (Fsp3) is 0.385. The minimum atomic E-state index is -0.401. The molecule has 6 nitrogen and oxygen atoms in total. The van der Waals surface area contributed by atoms with E-state index in [1.165, 1.54) is 12.7 Å². The molecule has 0 bridgehead atoms. The van der Waals surface area contributed by atoms with Crippen LogP contribution >= 0.6 is 0 Å². The number of anilines is 1. The Kier molecular flexibility index (Phi) is 5.81. The zero-order valence-corrected chi connectivity index (χ0v) is 11.4. The highest BCUT2D eigenvalue weighted by Gasteiger charge is 2.05.